The summed E-state index contributed by atoms with van der Waals surface area (Å²) in [6, 6.07) is 8.21. The maximum Gasteiger partial charge on any atom is 0.511 e. The third kappa shape index (κ3) is 4.84. The normalized spacial score (nSPS) is 13.7. The van der Waals surface area contributed by atoms with E-state index in [1.165, 1.54) is 6.07 Å². The van der Waals surface area contributed by atoms with E-state index in [1.807, 2.05) is 4.57 Å². The van der Waals surface area contributed by atoms with Crippen molar-refractivity contribution in [2.75, 3.05) is 0 Å². The molecule has 13 heteroatoms. The first-order valence-electron chi connectivity index (χ1n) is 11.1. The molecule has 1 aliphatic carbocycles. The largest absolute Gasteiger partial charge is 0.511 e. The zero-order valence-corrected chi connectivity index (χ0v) is 19.7. The molecule has 2 aromatic carbocycles. The van der Waals surface area contributed by atoms with Crippen LogP contribution in [0, 0.1) is 5.92 Å². The molecule has 0 saturated heterocycles. The average molecular weight is 535 g/mol. The molecule has 2 aromatic heterocycles. The van der Waals surface area contributed by atoms with Gasteiger partial charge in [-0.15, -0.1) is 0 Å². The first kappa shape index (κ1) is 24.6. The van der Waals surface area contributed by atoms with E-state index in [4.69, 9.17) is 16.7 Å². The number of carboxylic acid groups (broad SMARTS) is 1. The molecule has 1 N–H and O–H groups in total. The van der Waals surface area contributed by atoms with Crippen LogP contribution in [0.5, 0.6) is 5.75 Å². The third-order valence-electron chi connectivity index (χ3n) is 6.08. The Morgan fingerprint density at radius 1 is 1.19 bits per heavy atom. The van der Waals surface area contributed by atoms with E-state index >= 15 is 0 Å². The van der Waals surface area contributed by atoms with Gasteiger partial charge in [0.2, 0.25) is 5.75 Å². The van der Waals surface area contributed by atoms with Crippen LogP contribution in [0.2, 0.25) is 5.02 Å². The van der Waals surface area contributed by atoms with Crippen LogP contribution in [0.25, 0.3) is 16.7 Å². The highest BCUT2D eigenvalue weighted by Crippen LogP contribution is 2.37. The summed E-state index contributed by atoms with van der Waals surface area (Å²) in [4.78, 5) is 41.8. The highest BCUT2D eigenvalue weighted by atomic mass is 35.5. The number of ether oxygens (including phenoxy) is 1. The number of imidazole rings is 1. The Morgan fingerprint density at radius 2 is 1.95 bits per heavy atom. The van der Waals surface area contributed by atoms with Crippen LogP contribution in [0.15, 0.2) is 58.5 Å². The first-order chi connectivity index (χ1) is 17.5. The van der Waals surface area contributed by atoms with Crippen LogP contribution in [-0.2, 0) is 19.3 Å². The Hall–Kier alpha value is -4.06. The Morgan fingerprint density at radius 3 is 2.62 bits per heavy atom. The minimum absolute atomic E-state index is 0.209. The van der Waals surface area contributed by atoms with Gasteiger partial charge in [-0.05, 0) is 48.6 Å². The maximum atomic E-state index is 13.7. The van der Waals surface area contributed by atoms with E-state index < -0.39 is 52.0 Å². The summed E-state index contributed by atoms with van der Waals surface area (Å²) in [5.41, 5.74) is -2.32. The van der Waals surface area contributed by atoms with Crippen molar-refractivity contribution in [1.29, 1.82) is 0 Å². The van der Waals surface area contributed by atoms with Gasteiger partial charge in [0, 0.05) is 6.54 Å². The molecule has 0 aliphatic heterocycles. The highest BCUT2D eigenvalue weighted by molar-refractivity contribution is 6.31. The van der Waals surface area contributed by atoms with Crippen molar-refractivity contribution in [2.24, 2.45) is 5.92 Å². The SMILES string of the molecule is O=C(O)Oc1cn(-c2ccc3c(c2)ncn3CC2CC2)c(=O)n(Cc2cccc(Cl)c2C(F)(F)F)c1=O. The molecule has 5 rings (SSSR count). The Kier molecular flexibility index (Phi) is 6.06. The molecular weight excluding hydrogens is 517 g/mol. The van der Waals surface area contributed by atoms with Gasteiger partial charge >= 0.3 is 18.0 Å². The highest BCUT2D eigenvalue weighted by Gasteiger charge is 2.36. The van der Waals surface area contributed by atoms with E-state index in [0.717, 1.165) is 47.8 Å². The molecule has 0 unspecified atom stereocenters. The van der Waals surface area contributed by atoms with Crippen molar-refractivity contribution in [3.63, 3.8) is 0 Å². The molecule has 0 radical (unpaired) electrons. The van der Waals surface area contributed by atoms with Crippen molar-refractivity contribution in [3.05, 3.63) is 85.9 Å². The van der Waals surface area contributed by atoms with Crippen molar-refractivity contribution in [1.82, 2.24) is 18.7 Å². The molecule has 192 valence electrons. The number of benzene rings is 2. The van der Waals surface area contributed by atoms with Gasteiger partial charge in [0.25, 0.3) is 5.56 Å². The van der Waals surface area contributed by atoms with E-state index in [-0.39, 0.29) is 5.69 Å². The maximum absolute atomic E-state index is 13.7. The zero-order chi connectivity index (χ0) is 26.5. The molecule has 0 atom stereocenters. The van der Waals surface area contributed by atoms with Gasteiger partial charge in [-0.2, -0.15) is 13.2 Å². The average Bonchev–Trinajstić information content (AvgIpc) is 3.55. The van der Waals surface area contributed by atoms with Gasteiger partial charge in [0.1, 0.15) is 0 Å². The molecule has 0 bridgehead atoms. The van der Waals surface area contributed by atoms with E-state index in [9.17, 15) is 27.6 Å². The van der Waals surface area contributed by atoms with Gasteiger partial charge in [0.05, 0.1) is 46.4 Å². The van der Waals surface area contributed by atoms with Crippen molar-refractivity contribution in [2.45, 2.75) is 32.1 Å². The lowest BCUT2D eigenvalue weighted by Crippen LogP contribution is -2.40. The number of hydrogen-bond donors (Lipinski definition) is 1. The molecule has 1 aliphatic rings. The van der Waals surface area contributed by atoms with Gasteiger partial charge in [-0.3, -0.25) is 13.9 Å². The summed E-state index contributed by atoms with van der Waals surface area (Å²) >= 11 is 5.78. The van der Waals surface area contributed by atoms with Crippen molar-refractivity contribution < 1.29 is 27.8 Å². The fourth-order valence-electron chi connectivity index (χ4n) is 4.18. The molecule has 1 fully saturated rings. The molecule has 0 spiro atoms. The number of halogens is 4. The zero-order valence-electron chi connectivity index (χ0n) is 18.9. The standard InChI is InChI=1S/C24H18ClF3N4O5/c25-16-3-1-2-14(20(16)24(26,27)28)10-32-21(33)19(37-23(35)36)11-31(22(32)34)15-6-7-18-17(8-15)29-12-30(18)9-13-4-5-13/h1-3,6-8,11-13H,4-5,9-10H2,(H,35,36). The summed E-state index contributed by atoms with van der Waals surface area (Å²) in [5, 5.41) is 8.47. The van der Waals surface area contributed by atoms with Crippen LogP contribution in [0.1, 0.15) is 24.0 Å². The van der Waals surface area contributed by atoms with E-state index in [1.54, 1.807) is 24.5 Å². The molecule has 4 aromatic rings. The smallest absolute Gasteiger partial charge is 0.449 e. The van der Waals surface area contributed by atoms with E-state index in [2.05, 4.69) is 9.72 Å². The van der Waals surface area contributed by atoms with Gasteiger partial charge < -0.3 is 14.4 Å². The first-order valence-corrected chi connectivity index (χ1v) is 11.5. The van der Waals surface area contributed by atoms with Crippen molar-refractivity contribution in [3.8, 4) is 11.4 Å². The number of nitrogens with zero attached hydrogens (tertiary/aromatic N) is 4. The summed E-state index contributed by atoms with van der Waals surface area (Å²) in [7, 11) is 0. The lowest BCUT2D eigenvalue weighted by atomic mass is 10.1. The molecule has 2 heterocycles. The fourth-order valence-corrected chi connectivity index (χ4v) is 4.48. The lowest BCUT2D eigenvalue weighted by molar-refractivity contribution is -0.138. The van der Waals surface area contributed by atoms with Crippen LogP contribution < -0.4 is 16.0 Å². The quantitative estimate of drug-likeness (QED) is 0.364. The van der Waals surface area contributed by atoms with Crippen LogP contribution in [-0.4, -0.2) is 29.9 Å². The van der Waals surface area contributed by atoms with Crippen molar-refractivity contribution >= 4 is 28.8 Å². The number of rotatable bonds is 6. The minimum atomic E-state index is -4.87. The summed E-state index contributed by atoms with van der Waals surface area (Å²) in [6.07, 6.45) is -1.85. The van der Waals surface area contributed by atoms with Gasteiger partial charge in [0.15, 0.2) is 0 Å². The number of carbonyl (C=O) groups is 1. The number of alkyl halides is 3. The number of hydrogen-bond acceptors (Lipinski definition) is 5. The predicted molar refractivity (Wildman–Crippen MR) is 127 cm³/mol. The van der Waals surface area contributed by atoms with E-state index in [0.29, 0.717) is 16.0 Å². The molecular formula is C24H18ClF3N4O5. The second-order valence-corrected chi connectivity index (χ2v) is 9.10. The Bertz CT molecular complexity index is 1650. The second kappa shape index (κ2) is 9.11. The minimum Gasteiger partial charge on any atom is -0.449 e. The summed E-state index contributed by atoms with van der Waals surface area (Å²) in [6.45, 7) is -0.0272. The topological polar surface area (TPSA) is 108 Å². The summed E-state index contributed by atoms with van der Waals surface area (Å²) in [5.74, 6) is -0.172. The van der Waals surface area contributed by atoms with Gasteiger partial charge in [-0.1, -0.05) is 23.7 Å². The van der Waals surface area contributed by atoms with Crippen LogP contribution in [0.3, 0.4) is 0 Å². The molecule has 9 nitrogen and oxygen atoms in total. The number of aromatic nitrogens is 4. The molecule has 37 heavy (non-hydrogen) atoms. The van der Waals surface area contributed by atoms with Crippen LogP contribution in [0.4, 0.5) is 18.0 Å². The summed E-state index contributed by atoms with van der Waals surface area (Å²) < 4.78 is 49.0. The number of fused-ring (bicyclic) bond motifs is 1. The molecule has 0 amide bonds. The predicted octanol–water partition coefficient (Wildman–Crippen LogP) is 4.54. The third-order valence-corrected chi connectivity index (χ3v) is 6.40. The van der Waals surface area contributed by atoms with Gasteiger partial charge in [-0.25, -0.2) is 14.6 Å². The monoisotopic (exact) mass is 534 g/mol. The molecule has 1 saturated carbocycles. The lowest BCUT2D eigenvalue weighted by Gasteiger charge is -2.17. The second-order valence-electron chi connectivity index (χ2n) is 8.69. The Labute approximate surface area is 210 Å². The van der Waals surface area contributed by atoms with Crippen LogP contribution >= 0.6 is 11.6 Å². The Balaban J connectivity index is 1.65. The fraction of sp³-hybridized carbons (Fsp3) is 0.250.